The van der Waals surface area contributed by atoms with Crippen molar-refractivity contribution in [3.63, 3.8) is 0 Å². The minimum Gasteiger partial charge on any atom is -0.328 e. The normalized spacial score (nSPS) is 12.3. The zero-order chi connectivity index (χ0) is 14.7. The Morgan fingerprint density at radius 2 is 1.71 bits per heavy atom. The molecule has 0 fully saturated rings. The maximum Gasteiger partial charge on any atom is 0.128 e. The van der Waals surface area contributed by atoms with Gasteiger partial charge in [0.25, 0.3) is 0 Å². The van der Waals surface area contributed by atoms with Gasteiger partial charge in [-0.15, -0.1) is 0 Å². The SMILES string of the molecule is NCC(c1ccccc1F)n1cc(-c2ccccc2)cn1. The van der Waals surface area contributed by atoms with E-state index in [2.05, 4.69) is 5.10 Å². The van der Waals surface area contributed by atoms with Gasteiger partial charge in [0.15, 0.2) is 0 Å². The zero-order valence-electron chi connectivity index (χ0n) is 11.5. The molecule has 106 valence electrons. The van der Waals surface area contributed by atoms with E-state index in [0.717, 1.165) is 11.1 Å². The predicted octanol–water partition coefficient (Wildman–Crippen LogP) is 3.24. The second-order valence-electron chi connectivity index (χ2n) is 4.85. The van der Waals surface area contributed by atoms with Crippen LogP contribution in [-0.4, -0.2) is 16.3 Å². The number of nitrogens with two attached hydrogens (primary N) is 1. The van der Waals surface area contributed by atoms with Crippen molar-refractivity contribution in [3.05, 3.63) is 78.4 Å². The summed E-state index contributed by atoms with van der Waals surface area (Å²) in [5.74, 6) is -0.260. The van der Waals surface area contributed by atoms with Gasteiger partial charge < -0.3 is 5.73 Å². The van der Waals surface area contributed by atoms with Gasteiger partial charge in [-0.1, -0.05) is 48.5 Å². The minimum atomic E-state index is -0.302. The van der Waals surface area contributed by atoms with E-state index in [9.17, 15) is 4.39 Å². The van der Waals surface area contributed by atoms with Gasteiger partial charge in [-0.25, -0.2) is 4.39 Å². The quantitative estimate of drug-likeness (QED) is 0.798. The molecular weight excluding hydrogens is 265 g/mol. The first-order valence-corrected chi connectivity index (χ1v) is 6.83. The first-order chi connectivity index (χ1) is 10.3. The van der Waals surface area contributed by atoms with Crippen molar-refractivity contribution in [1.82, 2.24) is 9.78 Å². The molecule has 0 bridgehead atoms. The average molecular weight is 281 g/mol. The standard InChI is InChI=1S/C17H16FN3/c18-16-9-5-4-8-15(16)17(10-19)21-12-14(11-20-21)13-6-2-1-3-7-13/h1-9,11-12,17H,10,19H2. The molecule has 0 aliphatic rings. The topological polar surface area (TPSA) is 43.8 Å². The molecule has 1 aromatic heterocycles. The molecule has 0 radical (unpaired) electrons. The largest absolute Gasteiger partial charge is 0.328 e. The molecule has 2 N–H and O–H groups in total. The highest BCUT2D eigenvalue weighted by Crippen LogP contribution is 2.23. The van der Waals surface area contributed by atoms with E-state index >= 15 is 0 Å². The number of nitrogens with zero attached hydrogens (tertiary/aromatic N) is 2. The van der Waals surface area contributed by atoms with Gasteiger partial charge >= 0.3 is 0 Å². The van der Waals surface area contributed by atoms with Crippen LogP contribution in [0.1, 0.15) is 11.6 Å². The molecule has 3 rings (SSSR count). The Labute approximate surface area is 122 Å². The lowest BCUT2D eigenvalue weighted by Crippen LogP contribution is -2.21. The van der Waals surface area contributed by atoms with Gasteiger partial charge in [0.05, 0.1) is 12.2 Å². The predicted molar refractivity (Wildman–Crippen MR) is 81.3 cm³/mol. The Balaban J connectivity index is 1.96. The number of halogens is 1. The van der Waals surface area contributed by atoms with Crippen molar-refractivity contribution in [2.24, 2.45) is 5.73 Å². The molecule has 0 aliphatic carbocycles. The second-order valence-corrected chi connectivity index (χ2v) is 4.85. The summed E-state index contributed by atoms with van der Waals surface area (Å²) < 4.78 is 15.7. The van der Waals surface area contributed by atoms with Crippen LogP contribution in [0.25, 0.3) is 11.1 Å². The summed E-state index contributed by atoms with van der Waals surface area (Å²) in [5, 5.41) is 4.35. The van der Waals surface area contributed by atoms with Gasteiger partial charge in [-0.2, -0.15) is 5.10 Å². The maximum absolute atomic E-state index is 13.9. The molecule has 3 nitrogen and oxygen atoms in total. The Hall–Kier alpha value is -2.46. The fourth-order valence-electron chi connectivity index (χ4n) is 2.41. The van der Waals surface area contributed by atoms with Gasteiger partial charge in [0.1, 0.15) is 5.82 Å². The highest BCUT2D eigenvalue weighted by molar-refractivity contribution is 5.61. The van der Waals surface area contributed by atoms with Crippen LogP contribution < -0.4 is 5.73 Å². The summed E-state index contributed by atoms with van der Waals surface area (Å²) in [6, 6.07) is 16.3. The molecule has 0 amide bonds. The zero-order valence-corrected chi connectivity index (χ0v) is 11.5. The number of rotatable bonds is 4. The van der Waals surface area contributed by atoms with Crippen LogP contribution in [0, 0.1) is 5.82 Å². The van der Waals surface area contributed by atoms with Crippen molar-refractivity contribution in [2.45, 2.75) is 6.04 Å². The van der Waals surface area contributed by atoms with Crippen LogP contribution in [-0.2, 0) is 0 Å². The van der Waals surface area contributed by atoms with Crippen LogP contribution in [0.5, 0.6) is 0 Å². The van der Waals surface area contributed by atoms with E-state index in [4.69, 9.17) is 5.73 Å². The van der Waals surface area contributed by atoms with E-state index in [1.54, 1.807) is 23.0 Å². The maximum atomic E-state index is 13.9. The summed E-state index contributed by atoms with van der Waals surface area (Å²) >= 11 is 0. The second kappa shape index (κ2) is 5.89. The monoisotopic (exact) mass is 281 g/mol. The number of benzene rings is 2. The van der Waals surface area contributed by atoms with Gasteiger partial charge in [-0.05, 0) is 11.6 Å². The Kier molecular flexibility index (Phi) is 3.79. The molecule has 0 saturated heterocycles. The van der Waals surface area contributed by atoms with Crippen molar-refractivity contribution in [2.75, 3.05) is 6.54 Å². The third-order valence-electron chi connectivity index (χ3n) is 3.52. The average Bonchev–Trinajstić information content (AvgIpc) is 3.00. The van der Waals surface area contributed by atoms with Crippen LogP contribution in [0.15, 0.2) is 67.0 Å². The Morgan fingerprint density at radius 3 is 2.43 bits per heavy atom. The summed E-state index contributed by atoms with van der Waals surface area (Å²) in [6.07, 6.45) is 3.68. The molecule has 1 heterocycles. The number of hydrogen-bond donors (Lipinski definition) is 1. The van der Waals surface area contributed by atoms with Gasteiger partial charge in [0.2, 0.25) is 0 Å². The van der Waals surface area contributed by atoms with Gasteiger partial charge in [-0.3, -0.25) is 4.68 Å². The van der Waals surface area contributed by atoms with Crippen LogP contribution in [0.4, 0.5) is 4.39 Å². The fourth-order valence-corrected chi connectivity index (χ4v) is 2.41. The third-order valence-corrected chi connectivity index (χ3v) is 3.52. The molecule has 2 aromatic carbocycles. The van der Waals surface area contributed by atoms with E-state index < -0.39 is 0 Å². The lowest BCUT2D eigenvalue weighted by atomic mass is 10.1. The van der Waals surface area contributed by atoms with Crippen molar-refractivity contribution >= 4 is 0 Å². The molecule has 0 saturated carbocycles. The lowest BCUT2D eigenvalue weighted by Gasteiger charge is -2.16. The summed E-state index contributed by atoms with van der Waals surface area (Å²) in [6.45, 7) is 0.289. The summed E-state index contributed by atoms with van der Waals surface area (Å²) in [7, 11) is 0. The first-order valence-electron chi connectivity index (χ1n) is 6.83. The van der Waals surface area contributed by atoms with Crippen molar-refractivity contribution < 1.29 is 4.39 Å². The highest BCUT2D eigenvalue weighted by Gasteiger charge is 2.17. The van der Waals surface area contributed by atoms with E-state index in [1.807, 2.05) is 42.6 Å². The summed E-state index contributed by atoms with van der Waals surface area (Å²) in [4.78, 5) is 0. The van der Waals surface area contributed by atoms with Crippen LogP contribution in [0.2, 0.25) is 0 Å². The molecule has 21 heavy (non-hydrogen) atoms. The number of aromatic nitrogens is 2. The fraction of sp³-hybridized carbons (Fsp3) is 0.118. The first kappa shape index (κ1) is 13.5. The Bertz CT molecular complexity index is 722. The molecular formula is C17H16FN3. The number of hydrogen-bond acceptors (Lipinski definition) is 2. The van der Waals surface area contributed by atoms with Crippen molar-refractivity contribution in [3.8, 4) is 11.1 Å². The van der Waals surface area contributed by atoms with Gasteiger partial charge in [0, 0.05) is 23.9 Å². The summed E-state index contributed by atoms with van der Waals surface area (Å²) in [5.41, 5.74) is 8.45. The van der Waals surface area contributed by atoms with E-state index in [0.29, 0.717) is 5.56 Å². The van der Waals surface area contributed by atoms with Crippen LogP contribution >= 0.6 is 0 Å². The van der Waals surface area contributed by atoms with Crippen LogP contribution in [0.3, 0.4) is 0 Å². The minimum absolute atomic E-state index is 0.260. The third kappa shape index (κ3) is 2.71. The molecule has 0 spiro atoms. The molecule has 0 aliphatic heterocycles. The molecule has 1 unspecified atom stereocenters. The smallest absolute Gasteiger partial charge is 0.128 e. The molecule has 3 aromatic rings. The van der Waals surface area contributed by atoms with E-state index in [-0.39, 0.29) is 18.4 Å². The molecule has 4 heteroatoms. The van der Waals surface area contributed by atoms with Crippen molar-refractivity contribution in [1.29, 1.82) is 0 Å². The lowest BCUT2D eigenvalue weighted by molar-refractivity contribution is 0.498. The highest BCUT2D eigenvalue weighted by atomic mass is 19.1. The molecule has 1 atom stereocenters. The Morgan fingerprint density at radius 1 is 1.00 bits per heavy atom. The van der Waals surface area contributed by atoms with E-state index in [1.165, 1.54) is 6.07 Å².